The maximum atomic E-state index is 12.8. The average Bonchev–Trinajstić information content (AvgIpc) is 2.74. The van der Waals surface area contributed by atoms with Crippen molar-refractivity contribution in [1.82, 2.24) is 4.90 Å². The normalized spacial score (nSPS) is 19.1. The van der Waals surface area contributed by atoms with Gasteiger partial charge in [0, 0.05) is 13.2 Å². The summed E-state index contributed by atoms with van der Waals surface area (Å²) in [5, 5.41) is 0. The number of nitrogens with zero attached hydrogens (tertiary/aromatic N) is 1. The summed E-state index contributed by atoms with van der Waals surface area (Å²) in [7, 11) is 0. The Morgan fingerprint density at radius 2 is 1.89 bits per heavy atom. The molecule has 148 valence electrons. The summed E-state index contributed by atoms with van der Waals surface area (Å²) in [6, 6.07) is 16.7. The summed E-state index contributed by atoms with van der Waals surface area (Å²) in [5.74, 6) is 0.467. The number of carbonyl (C=O) groups excluding carboxylic acids is 2. The number of rotatable bonds is 7. The van der Waals surface area contributed by atoms with E-state index in [1.165, 1.54) is 0 Å². The Bertz CT molecular complexity index is 762. The number of benzene rings is 2. The number of amides is 1. The molecule has 1 amide bonds. The Morgan fingerprint density at radius 3 is 2.57 bits per heavy atom. The van der Waals surface area contributed by atoms with Crippen molar-refractivity contribution in [3.63, 3.8) is 0 Å². The van der Waals surface area contributed by atoms with Crippen molar-refractivity contribution in [2.75, 3.05) is 13.2 Å². The topological polar surface area (TPSA) is 65.1 Å². The molecule has 1 fully saturated rings. The first kappa shape index (κ1) is 19.9. The van der Waals surface area contributed by atoms with Crippen molar-refractivity contribution < 1.29 is 23.8 Å². The summed E-state index contributed by atoms with van der Waals surface area (Å²) in [5.41, 5.74) is 1.91. The van der Waals surface area contributed by atoms with Crippen LogP contribution in [0.4, 0.5) is 4.79 Å². The highest BCUT2D eigenvalue weighted by Gasteiger charge is 2.34. The van der Waals surface area contributed by atoms with E-state index < -0.39 is 0 Å². The minimum absolute atomic E-state index is 0.0964. The molecule has 2 aromatic carbocycles. The highest BCUT2D eigenvalue weighted by molar-refractivity contribution is 5.68. The second kappa shape index (κ2) is 9.90. The molecule has 28 heavy (non-hydrogen) atoms. The predicted molar refractivity (Wildman–Crippen MR) is 104 cm³/mol. The van der Waals surface area contributed by atoms with Crippen LogP contribution in [-0.4, -0.2) is 36.7 Å². The first-order valence-electron chi connectivity index (χ1n) is 9.50. The molecule has 0 aliphatic carbocycles. The molecule has 0 N–H and O–H groups in total. The average molecular weight is 383 g/mol. The first-order valence-corrected chi connectivity index (χ1v) is 9.50. The summed E-state index contributed by atoms with van der Waals surface area (Å²) < 4.78 is 16.2. The Hall–Kier alpha value is -2.86. The van der Waals surface area contributed by atoms with Gasteiger partial charge in [0.25, 0.3) is 6.47 Å². The summed E-state index contributed by atoms with van der Waals surface area (Å²) in [4.78, 5) is 25.0. The Morgan fingerprint density at radius 1 is 1.14 bits per heavy atom. The van der Waals surface area contributed by atoms with Gasteiger partial charge in [-0.2, -0.15) is 0 Å². The van der Waals surface area contributed by atoms with Crippen molar-refractivity contribution in [2.45, 2.75) is 38.5 Å². The Balaban J connectivity index is 1.72. The maximum absolute atomic E-state index is 12.8. The van der Waals surface area contributed by atoms with Crippen LogP contribution in [0.5, 0.6) is 5.75 Å². The van der Waals surface area contributed by atoms with Crippen LogP contribution >= 0.6 is 0 Å². The largest absolute Gasteiger partial charge is 0.445 e. The molecule has 1 saturated heterocycles. The van der Waals surface area contributed by atoms with Crippen LogP contribution in [0.15, 0.2) is 54.6 Å². The molecule has 1 aliphatic heterocycles. The quantitative estimate of drug-likeness (QED) is 0.674. The molecule has 2 atom stereocenters. The van der Waals surface area contributed by atoms with E-state index in [0.717, 1.165) is 17.5 Å². The second-order valence-electron chi connectivity index (χ2n) is 6.63. The number of likely N-dealkylation sites (tertiary alicyclic amines) is 1. The van der Waals surface area contributed by atoms with E-state index in [0.29, 0.717) is 31.8 Å². The Labute approximate surface area is 165 Å². The molecular formula is C22H25NO5. The van der Waals surface area contributed by atoms with Gasteiger partial charge in [-0.25, -0.2) is 4.79 Å². The van der Waals surface area contributed by atoms with E-state index in [-0.39, 0.29) is 24.8 Å². The third-order valence-electron chi connectivity index (χ3n) is 4.85. The Kier molecular flexibility index (Phi) is 7.03. The van der Waals surface area contributed by atoms with E-state index in [1.807, 2.05) is 49.4 Å². The standard InChI is InChI=1S/C22H25NO5/c1-2-26-20-12-13-23(22(25)27-15-17-6-4-3-5-7-17)21(14-20)18-8-10-19(11-9-18)28-16-24/h3-11,16,20-21H,2,12-15H2,1H3. The third kappa shape index (κ3) is 5.10. The molecule has 0 saturated carbocycles. The zero-order chi connectivity index (χ0) is 19.8. The molecule has 0 spiro atoms. The van der Waals surface area contributed by atoms with Gasteiger partial charge in [-0.15, -0.1) is 0 Å². The fourth-order valence-electron chi connectivity index (χ4n) is 3.48. The van der Waals surface area contributed by atoms with Gasteiger partial charge < -0.3 is 19.1 Å². The number of ether oxygens (including phenoxy) is 3. The third-order valence-corrected chi connectivity index (χ3v) is 4.85. The lowest BCUT2D eigenvalue weighted by Gasteiger charge is -2.38. The fourth-order valence-corrected chi connectivity index (χ4v) is 3.48. The predicted octanol–water partition coefficient (Wildman–Crippen LogP) is 4.10. The lowest BCUT2D eigenvalue weighted by molar-refractivity contribution is -0.120. The number of carbonyl (C=O) groups is 2. The van der Waals surface area contributed by atoms with Gasteiger partial charge in [-0.3, -0.25) is 4.79 Å². The smallest absolute Gasteiger partial charge is 0.410 e. The summed E-state index contributed by atoms with van der Waals surface area (Å²) >= 11 is 0. The van der Waals surface area contributed by atoms with Crippen LogP contribution in [0.25, 0.3) is 0 Å². The van der Waals surface area contributed by atoms with E-state index in [4.69, 9.17) is 14.2 Å². The monoisotopic (exact) mass is 383 g/mol. The van der Waals surface area contributed by atoms with Crippen LogP contribution in [0.1, 0.15) is 36.9 Å². The van der Waals surface area contributed by atoms with Crippen molar-refractivity contribution >= 4 is 12.6 Å². The molecule has 0 aromatic heterocycles. The number of piperidine rings is 1. The molecule has 6 heteroatoms. The van der Waals surface area contributed by atoms with Crippen LogP contribution < -0.4 is 4.74 Å². The molecule has 2 unspecified atom stereocenters. The molecule has 0 radical (unpaired) electrons. The number of hydrogen-bond donors (Lipinski definition) is 0. The minimum atomic E-state index is -0.336. The van der Waals surface area contributed by atoms with Crippen molar-refractivity contribution in [3.8, 4) is 5.75 Å². The van der Waals surface area contributed by atoms with Gasteiger partial charge in [0.15, 0.2) is 0 Å². The van der Waals surface area contributed by atoms with Crippen molar-refractivity contribution in [3.05, 3.63) is 65.7 Å². The van der Waals surface area contributed by atoms with Gasteiger partial charge in [0.2, 0.25) is 0 Å². The fraction of sp³-hybridized carbons (Fsp3) is 0.364. The van der Waals surface area contributed by atoms with E-state index in [1.54, 1.807) is 17.0 Å². The van der Waals surface area contributed by atoms with Crippen LogP contribution in [-0.2, 0) is 20.9 Å². The van der Waals surface area contributed by atoms with E-state index in [2.05, 4.69) is 0 Å². The van der Waals surface area contributed by atoms with Crippen molar-refractivity contribution in [2.24, 2.45) is 0 Å². The van der Waals surface area contributed by atoms with Crippen molar-refractivity contribution in [1.29, 1.82) is 0 Å². The molecule has 1 heterocycles. The number of hydrogen-bond acceptors (Lipinski definition) is 5. The highest BCUT2D eigenvalue weighted by atomic mass is 16.6. The van der Waals surface area contributed by atoms with Crippen LogP contribution in [0.2, 0.25) is 0 Å². The van der Waals surface area contributed by atoms with E-state index >= 15 is 0 Å². The summed E-state index contributed by atoms with van der Waals surface area (Å²) in [6.45, 7) is 3.82. The van der Waals surface area contributed by atoms with Gasteiger partial charge >= 0.3 is 6.09 Å². The lowest BCUT2D eigenvalue weighted by atomic mass is 9.93. The van der Waals surface area contributed by atoms with Gasteiger partial charge in [-0.1, -0.05) is 42.5 Å². The summed E-state index contributed by atoms with van der Waals surface area (Å²) in [6.07, 6.45) is 1.23. The van der Waals surface area contributed by atoms with Crippen LogP contribution in [0, 0.1) is 0 Å². The molecule has 3 rings (SSSR count). The molecule has 0 bridgehead atoms. The molecule has 6 nitrogen and oxygen atoms in total. The zero-order valence-corrected chi connectivity index (χ0v) is 16.0. The van der Waals surface area contributed by atoms with Gasteiger partial charge in [0.05, 0.1) is 12.1 Å². The lowest BCUT2D eigenvalue weighted by Crippen LogP contribution is -2.43. The highest BCUT2D eigenvalue weighted by Crippen LogP contribution is 2.34. The molecule has 2 aromatic rings. The van der Waals surface area contributed by atoms with Crippen LogP contribution in [0.3, 0.4) is 0 Å². The molecule has 1 aliphatic rings. The SMILES string of the molecule is CCOC1CCN(C(=O)OCc2ccccc2)C(c2ccc(OC=O)cc2)C1. The zero-order valence-electron chi connectivity index (χ0n) is 16.0. The van der Waals surface area contributed by atoms with Gasteiger partial charge in [-0.05, 0) is 43.0 Å². The van der Waals surface area contributed by atoms with E-state index in [9.17, 15) is 9.59 Å². The maximum Gasteiger partial charge on any atom is 0.410 e. The molecular weight excluding hydrogens is 358 g/mol. The second-order valence-corrected chi connectivity index (χ2v) is 6.63. The minimum Gasteiger partial charge on any atom is -0.445 e. The van der Waals surface area contributed by atoms with Gasteiger partial charge in [0.1, 0.15) is 12.4 Å². The first-order chi connectivity index (χ1) is 13.7.